The van der Waals surface area contributed by atoms with E-state index in [0.29, 0.717) is 11.7 Å². The molecule has 1 fully saturated rings. The lowest BCUT2D eigenvalue weighted by atomic mass is 10.1. The molecule has 1 heterocycles. The first-order chi connectivity index (χ1) is 7.70. The van der Waals surface area contributed by atoms with E-state index < -0.39 is 6.04 Å². The zero-order valence-electron chi connectivity index (χ0n) is 8.82. The Bertz CT molecular complexity index is 434. The van der Waals surface area contributed by atoms with Crippen molar-refractivity contribution in [3.05, 3.63) is 29.8 Å². The molecule has 16 heavy (non-hydrogen) atoms. The van der Waals surface area contributed by atoms with Crippen LogP contribution in [0.4, 0.5) is 0 Å². The van der Waals surface area contributed by atoms with Crippen molar-refractivity contribution in [2.24, 2.45) is 0 Å². The van der Waals surface area contributed by atoms with Gasteiger partial charge in [-0.2, -0.15) is 0 Å². The second-order valence-corrected chi connectivity index (χ2v) is 3.81. The first kappa shape index (κ1) is 10.9. The highest BCUT2D eigenvalue weighted by Gasteiger charge is 2.28. The monoisotopic (exact) mass is 236 g/mol. The fraction of sp³-hybridized carbons (Fsp3) is 0.273. The maximum absolute atomic E-state index is 11.6. The molecule has 2 rings (SSSR count). The Kier molecular flexibility index (Phi) is 3.05. The molecule has 1 atom stereocenters. The largest absolute Gasteiger partial charge is 0.494 e. The number of carbonyl (C=O) groups excluding carboxylic acids is 1. The van der Waals surface area contributed by atoms with Gasteiger partial charge in [0.05, 0.1) is 6.61 Å². The van der Waals surface area contributed by atoms with E-state index in [4.69, 9.17) is 17.0 Å². The first-order valence-electron chi connectivity index (χ1n) is 5.05. The lowest BCUT2D eigenvalue weighted by molar-refractivity contribution is -0.120. The number of rotatable bonds is 3. The molecule has 1 aromatic carbocycles. The molecular formula is C11H12N2O2S. The SMILES string of the molecule is CCOc1cccc(C2NC(=S)NC2=O)c1. The highest BCUT2D eigenvalue weighted by Crippen LogP contribution is 2.21. The van der Waals surface area contributed by atoms with Gasteiger partial charge in [-0.15, -0.1) is 0 Å². The molecule has 0 bridgehead atoms. The van der Waals surface area contributed by atoms with Crippen LogP contribution >= 0.6 is 12.2 Å². The Labute approximate surface area is 99.0 Å². The molecule has 2 N–H and O–H groups in total. The second-order valence-electron chi connectivity index (χ2n) is 3.40. The third-order valence-electron chi connectivity index (χ3n) is 2.28. The van der Waals surface area contributed by atoms with E-state index in [2.05, 4.69) is 10.6 Å². The number of carbonyl (C=O) groups is 1. The molecule has 1 amide bonds. The molecule has 0 radical (unpaired) electrons. The summed E-state index contributed by atoms with van der Waals surface area (Å²) in [6.07, 6.45) is 0. The molecule has 1 aliphatic rings. The van der Waals surface area contributed by atoms with Gasteiger partial charge in [-0.25, -0.2) is 0 Å². The van der Waals surface area contributed by atoms with Crippen molar-refractivity contribution >= 4 is 23.2 Å². The molecule has 1 aromatic rings. The quantitative estimate of drug-likeness (QED) is 0.772. The lowest BCUT2D eigenvalue weighted by Gasteiger charge is -2.10. The van der Waals surface area contributed by atoms with Crippen LogP contribution in [0.25, 0.3) is 0 Å². The Balaban J connectivity index is 2.23. The van der Waals surface area contributed by atoms with Crippen molar-refractivity contribution in [1.29, 1.82) is 0 Å². The zero-order chi connectivity index (χ0) is 11.5. The Morgan fingerprint density at radius 1 is 1.50 bits per heavy atom. The topological polar surface area (TPSA) is 50.4 Å². The Morgan fingerprint density at radius 3 is 2.94 bits per heavy atom. The molecule has 4 nitrogen and oxygen atoms in total. The molecule has 0 saturated carbocycles. The van der Waals surface area contributed by atoms with Gasteiger partial charge in [0.1, 0.15) is 11.8 Å². The number of amides is 1. The maximum Gasteiger partial charge on any atom is 0.253 e. The number of ether oxygens (including phenoxy) is 1. The molecule has 0 aliphatic carbocycles. The number of benzene rings is 1. The number of hydrogen-bond donors (Lipinski definition) is 2. The standard InChI is InChI=1S/C11H12N2O2S/c1-2-15-8-5-3-4-7(6-8)9-10(14)13-11(16)12-9/h3-6,9H,2H2,1H3,(H2,12,13,14,16). The van der Waals surface area contributed by atoms with Crippen LogP contribution in [0.3, 0.4) is 0 Å². The van der Waals surface area contributed by atoms with E-state index in [1.165, 1.54) is 0 Å². The van der Waals surface area contributed by atoms with Crippen molar-refractivity contribution < 1.29 is 9.53 Å². The first-order valence-corrected chi connectivity index (χ1v) is 5.45. The molecular weight excluding hydrogens is 224 g/mol. The van der Waals surface area contributed by atoms with E-state index in [-0.39, 0.29) is 5.91 Å². The third-order valence-corrected chi connectivity index (χ3v) is 2.50. The molecule has 0 spiro atoms. The summed E-state index contributed by atoms with van der Waals surface area (Å²) in [6.45, 7) is 2.52. The maximum atomic E-state index is 11.6. The number of thiocarbonyl (C=S) groups is 1. The van der Waals surface area contributed by atoms with E-state index in [1.807, 2.05) is 31.2 Å². The van der Waals surface area contributed by atoms with Crippen LogP contribution in [0.5, 0.6) is 5.75 Å². The minimum atomic E-state index is -0.409. The smallest absolute Gasteiger partial charge is 0.253 e. The van der Waals surface area contributed by atoms with Crippen LogP contribution < -0.4 is 15.4 Å². The van der Waals surface area contributed by atoms with Crippen LogP contribution in [0.1, 0.15) is 18.5 Å². The summed E-state index contributed by atoms with van der Waals surface area (Å²) < 4.78 is 5.38. The summed E-state index contributed by atoms with van der Waals surface area (Å²) in [5, 5.41) is 5.83. The van der Waals surface area contributed by atoms with E-state index >= 15 is 0 Å². The summed E-state index contributed by atoms with van der Waals surface area (Å²) >= 11 is 4.88. The van der Waals surface area contributed by atoms with Gasteiger partial charge in [0.2, 0.25) is 0 Å². The summed E-state index contributed by atoms with van der Waals surface area (Å²) in [6, 6.07) is 7.02. The summed E-state index contributed by atoms with van der Waals surface area (Å²) in [5.74, 6) is 0.631. The fourth-order valence-corrected chi connectivity index (χ4v) is 1.82. The van der Waals surface area contributed by atoms with Crippen LogP contribution in [0, 0.1) is 0 Å². The van der Waals surface area contributed by atoms with Gasteiger partial charge < -0.3 is 15.4 Å². The van der Waals surface area contributed by atoms with E-state index in [9.17, 15) is 4.79 Å². The highest BCUT2D eigenvalue weighted by molar-refractivity contribution is 7.80. The van der Waals surface area contributed by atoms with Crippen LogP contribution in [-0.2, 0) is 4.79 Å². The van der Waals surface area contributed by atoms with E-state index in [0.717, 1.165) is 11.3 Å². The predicted molar refractivity (Wildman–Crippen MR) is 64.2 cm³/mol. The average molecular weight is 236 g/mol. The van der Waals surface area contributed by atoms with Gasteiger partial charge in [-0.05, 0) is 36.8 Å². The molecule has 5 heteroatoms. The predicted octanol–water partition coefficient (Wildman–Crippen LogP) is 1.13. The summed E-state index contributed by atoms with van der Waals surface area (Å²) in [5.41, 5.74) is 0.850. The average Bonchev–Trinajstić information content (AvgIpc) is 2.59. The van der Waals surface area contributed by atoms with Crippen LogP contribution in [0.2, 0.25) is 0 Å². The van der Waals surface area contributed by atoms with Gasteiger partial charge >= 0.3 is 0 Å². The molecule has 1 aliphatic heterocycles. The van der Waals surface area contributed by atoms with Crippen LogP contribution in [-0.4, -0.2) is 17.6 Å². The van der Waals surface area contributed by atoms with Crippen molar-refractivity contribution in [2.75, 3.05) is 6.61 Å². The minimum absolute atomic E-state index is 0.126. The van der Waals surface area contributed by atoms with Crippen molar-refractivity contribution in [3.63, 3.8) is 0 Å². The second kappa shape index (κ2) is 4.49. The minimum Gasteiger partial charge on any atom is -0.494 e. The Morgan fingerprint density at radius 2 is 2.31 bits per heavy atom. The van der Waals surface area contributed by atoms with Crippen molar-refractivity contribution in [1.82, 2.24) is 10.6 Å². The summed E-state index contributed by atoms with van der Waals surface area (Å²) in [4.78, 5) is 11.6. The van der Waals surface area contributed by atoms with Crippen LogP contribution in [0.15, 0.2) is 24.3 Å². The lowest BCUT2D eigenvalue weighted by Crippen LogP contribution is -2.21. The Hall–Kier alpha value is -1.62. The van der Waals surface area contributed by atoms with Gasteiger partial charge in [-0.1, -0.05) is 12.1 Å². The molecule has 84 valence electrons. The van der Waals surface area contributed by atoms with Gasteiger partial charge in [0.25, 0.3) is 5.91 Å². The third kappa shape index (κ3) is 2.14. The molecule has 1 saturated heterocycles. The fourth-order valence-electron chi connectivity index (χ4n) is 1.60. The van der Waals surface area contributed by atoms with Crippen molar-refractivity contribution in [3.8, 4) is 5.75 Å². The number of nitrogens with one attached hydrogen (secondary N) is 2. The van der Waals surface area contributed by atoms with Gasteiger partial charge in [0.15, 0.2) is 5.11 Å². The highest BCUT2D eigenvalue weighted by atomic mass is 32.1. The van der Waals surface area contributed by atoms with Gasteiger partial charge in [0, 0.05) is 0 Å². The van der Waals surface area contributed by atoms with E-state index in [1.54, 1.807) is 0 Å². The molecule has 1 unspecified atom stereocenters. The van der Waals surface area contributed by atoms with Gasteiger partial charge in [-0.3, -0.25) is 4.79 Å². The zero-order valence-corrected chi connectivity index (χ0v) is 9.64. The molecule has 0 aromatic heterocycles. The normalized spacial score (nSPS) is 19.2. The van der Waals surface area contributed by atoms with Crippen molar-refractivity contribution in [2.45, 2.75) is 13.0 Å². The number of hydrogen-bond acceptors (Lipinski definition) is 3. The summed E-state index contributed by atoms with van der Waals surface area (Å²) in [7, 11) is 0.